The summed E-state index contributed by atoms with van der Waals surface area (Å²) in [6.07, 6.45) is 1.08. The quantitative estimate of drug-likeness (QED) is 0.665. The first-order chi connectivity index (χ1) is 10.5. The molecule has 22 heavy (non-hydrogen) atoms. The predicted molar refractivity (Wildman–Crippen MR) is 73.1 cm³/mol. The van der Waals surface area contributed by atoms with Crippen LogP contribution in [0.25, 0.3) is 0 Å². The van der Waals surface area contributed by atoms with Gasteiger partial charge < -0.3 is 15.7 Å². The minimum atomic E-state index is -0.622. The summed E-state index contributed by atoms with van der Waals surface area (Å²) in [4.78, 5) is 36.2. The first kappa shape index (κ1) is 14.2. The molecule has 3 rings (SSSR count). The van der Waals surface area contributed by atoms with E-state index < -0.39 is 17.6 Å². The minimum Gasteiger partial charge on any atom is -0.395 e. The van der Waals surface area contributed by atoms with E-state index >= 15 is 0 Å². The first-order valence-corrected chi connectivity index (χ1v) is 6.57. The number of aliphatic hydroxyl groups is 1. The largest absolute Gasteiger partial charge is 0.395 e. The lowest BCUT2D eigenvalue weighted by Crippen LogP contribution is -2.34. The topological polar surface area (TPSA) is 98.7 Å². The maximum atomic E-state index is 13.6. The van der Waals surface area contributed by atoms with Gasteiger partial charge >= 0.3 is 0 Å². The van der Waals surface area contributed by atoms with Crippen LogP contribution in [0.4, 0.5) is 10.1 Å². The van der Waals surface area contributed by atoms with Gasteiger partial charge in [-0.05, 0) is 12.1 Å². The zero-order valence-electron chi connectivity index (χ0n) is 11.4. The van der Waals surface area contributed by atoms with Crippen LogP contribution < -0.4 is 10.6 Å². The zero-order valence-corrected chi connectivity index (χ0v) is 11.4. The van der Waals surface area contributed by atoms with Crippen molar-refractivity contribution >= 4 is 23.4 Å². The molecule has 0 radical (unpaired) electrons. The van der Waals surface area contributed by atoms with E-state index in [1.165, 1.54) is 0 Å². The number of nitrogens with zero attached hydrogens (tertiary/aromatic N) is 1. The highest BCUT2D eigenvalue weighted by Crippen LogP contribution is 2.28. The van der Waals surface area contributed by atoms with Crippen molar-refractivity contribution in [3.05, 3.63) is 40.8 Å². The molecule has 2 aliphatic heterocycles. The lowest BCUT2D eigenvalue weighted by molar-refractivity contribution is -0.137. The molecule has 1 aromatic rings. The fourth-order valence-electron chi connectivity index (χ4n) is 2.46. The summed E-state index contributed by atoms with van der Waals surface area (Å²) in [6, 6.07) is 2.28. The number of aliphatic hydroxyl groups excluding tert-OH is 1. The maximum Gasteiger partial charge on any atom is 0.277 e. The Morgan fingerprint density at radius 1 is 1.32 bits per heavy atom. The highest BCUT2D eigenvalue weighted by molar-refractivity contribution is 6.17. The summed E-state index contributed by atoms with van der Waals surface area (Å²) in [5.74, 6) is -2.16. The lowest BCUT2D eigenvalue weighted by atomic mass is 10.1. The normalized spacial score (nSPS) is 16.7. The number of hydrogen-bond acceptors (Lipinski definition) is 5. The SMILES string of the molecule is O=C1NCc2c(NC3=CC(=O)N(CCO)C3=O)cc(F)cc21. The summed E-state index contributed by atoms with van der Waals surface area (Å²) in [5.41, 5.74) is 0.970. The van der Waals surface area contributed by atoms with Crippen LogP contribution in [0.15, 0.2) is 23.9 Å². The van der Waals surface area contributed by atoms with Crippen molar-refractivity contribution in [3.63, 3.8) is 0 Å². The standard InChI is InChI=1S/C14H12FN3O4/c15-7-3-8-9(6-16-13(8)21)10(4-7)17-11-5-12(20)18(1-2-19)14(11)22/h3-5,17,19H,1-2,6H2,(H,16,21). The number of halogens is 1. The molecule has 8 heteroatoms. The Kier molecular flexibility index (Phi) is 3.38. The summed E-state index contributed by atoms with van der Waals surface area (Å²) in [6.45, 7) is -0.237. The molecule has 0 aliphatic carbocycles. The third kappa shape index (κ3) is 2.23. The number of benzene rings is 1. The van der Waals surface area contributed by atoms with Crippen molar-refractivity contribution < 1.29 is 23.9 Å². The Morgan fingerprint density at radius 3 is 2.82 bits per heavy atom. The molecule has 0 bridgehead atoms. The average Bonchev–Trinajstić information content (AvgIpc) is 2.95. The summed E-state index contributed by atoms with van der Waals surface area (Å²) >= 11 is 0. The van der Waals surface area contributed by atoms with E-state index in [0.29, 0.717) is 5.56 Å². The third-order valence-corrected chi connectivity index (χ3v) is 3.49. The van der Waals surface area contributed by atoms with E-state index in [2.05, 4.69) is 10.6 Å². The number of β-amino-alcohol motifs (C(OH)–C–C–N with tert-alkyl or cyclic N) is 1. The first-order valence-electron chi connectivity index (χ1n) is 6.57. The molecule has 0 aromatic heterocycles. The number of imide groups is 1. The van der Waals surface area contributed by atoms with Gasteiger partial charge in [0.25, 0.3) is 17.7 Å². The molecule has 0 spiro atoms. The van der Waals surface area contributed by atoms with Crippen LogP contribution in [0.3, 0.4) is 0 Å². The molecule has 3 N–H and O–H groups in total. The van der Waals surface area contributed by atoms with Crippen molar-refractivity contribution in [3.8, 4) is 0 Å². The Balaban J connectivity index is 1.91. The highest BCUT2D eigenvalue weighted by atomic mass is 19.1. The van der Waals surface area contributed by atoms with Crippen LogP contribution in [0.2, 0.25) is 0 Å². The van der Waals surface area contributed by atoms with E-state index in [0.717, 1.165) is 23.1 Å². The summed E-state index contributed by atoms with van der Waals surface area (Å²) in [5, 5.41) is 14.1. The van der Waals surface area contributed by atoms with Gasteiger partial charge in [0.1, 0.15) is 11.5 Å². The van der Waals surface area contributed by atoms with Gasteiger partial charge in [-0.2, -0.15) is 0 Å². The summed E-state index contributed by atoms with van der Waals surface area (Å²) < 4.78 is 13.6. The predicted octanol–water partition coefficient (Wildman–Crippen LogP) is -0.274. The summed E-state index contributed by atoms with van der Waals surface area (Å²) in [7, 11) is 0. The van der Waals surface area contributed by atoms with Crippen LogP contribution in [0, 0.1) is 5.82 Å². The van der Waals surface area contributed by atoms with E-state index in [1.54, 1.807) is 0 Å². The fourth-order valence-corrected chi connectivity index (χ4v) is 2.46. The van der Waals surface area contributed by atoms with Gasteiger partial charge in [-0.25, -0.2) is 4.39 Å². The Hall–Kier alpha value is -2.74. The van der Waals surface area contributed by atoms with Crippen molar-refractivity contribution in [1.82, 2.24) is 10.2 Å². The van der Waals surface area contributed by atoms with E-state index in [1.807, 2.05) is 0 Å². The Bertz CT molecular complexity index is 729. The van der Waals surface area contributed by atoms with Gasteiger partial charge in [0.2, 0.25) is 0 Å². The third-order valence-electron chi connectivity index (χ3n) is 3.49. The van der Waals surface area contributed by atoms with Crippen LogP contribution in [-0.2, 0) is 16.1 Å². The molecule has 114 valence electrons. The monoisotopic (exact) mass is 305 g/mol. The number of rotatable bonds is 4. The number of carbonyl (C=O) groups is 3. The van der Waals surface area contributed by atoms with Crippen LogP contribution >= 0.6 is 0 Å². The zero-order chi connectivity index (χ0) is 15.9. The number of anilines is 1. The van der Waals surface area contributed by atoms with Crippen LogP contribution in [-0.4, -0.2) is 40.9 Å². The van der Waals surface area contributed by atoms with Crippen LogP contribution in [0.1, 0.15) is 15.9 Å². The molecule has 0 atom stereocenters. The second kappa shape index (κ2) is 5.23. The Morgan fingerprint density at radius 2 is 2.09 bits per heavy atom. The number of amides is 3. The molecular formula is C14H12FN3O4. The fraction of sp³-hybridized carbons (Fsp3) is 0.214. The van der Waals surface area contributed by atoms with Crippen molar-refractivity contribution in [1.29, 1.82) is 0 Å². The molecule has 0 saturated carbocycles. The van der Waals surface area contributed by atoms with Crippen molar-refractivity contribution in [2.75, 3.05) is 18.5 Å². The second-order valence-electron chi connectivity index (χ2n) is 4.86. The van der Waals surface area contributed by atoms with Gasteiger partial charge in [-0.1, -0.05) is 0 Å². The molecule has 2 heterocycles. The van der Waals surface area contributed by atoms with Crippen molar-refractivity contribution in [2.45, 2.75) is 6.54 Å². The number of hydrogen-bond donors (Lipinski definition) is 3. The average molecular weight is 305 g/mol. The van der Waals surface area contributed by atoms with E-state index in [4.69, 9.17) is 5.11 Å². The molecule has 0 unspecified atom stereocenters. The van der Waals surface area contributed by atoms with Gasteiger partial charge in [0.05, 0.1) is 13.2 Å². The van der Waals surface area contributed by atoms with E-state index in [-0.39, 0.29) is 42.6 Å². The van der Waals surface area contributed by atoms with Gasteiger partial charge in [0, 0.05) is 29.4 Å². The van der Waals surface area contributed by atoms with Crippen LogP contribution in [0.5, 0.6) is 0 Å². The molecule has 2 aliphatic rings. The number of fused-ring (bicyclic) bond motifs is 1. The van der Waals surface area contributed by atoms with Gasteiger partial charge in [-0.15, -0.1) is 0 Å². The smallest absolute Gasteiger partial charge is 0.277 e. The molecule has 0 saturated heterocycles. The number of nitrogens with one attached hydrogen (secondary N) is 2. The minimum absolute atomic E-state index is 0.0226. The molecule has 3 amide bonds. The molecule has 0 fully saturated rings. The van der Waals surface area contributed by atoms with Gasteiger partial charge in [-0.3, -0.25) is 19.3 Å². The van der Waals surface area contributed by atoms with Gasteiger partial charge in [0.15, 0.2) is 0 Å². The van der Waals surface area contributed by atoms with E-state index in [9.17, 15) is 18.8 Å². The second-order valence-corrected chi connectivity index (χ2v) is 4.86. The molecule has 1 aromatic carbocycles. The molecular weight excluding hydrogens is 293 g/mol. The number of carbonyl (C=O) groups excluding carboxylic acids is 3. The lowest BCUT2D eigenvalue weighted by Gasteiger charge is -2.14. The van der Waals surface area contributed by atoms with Crippen molar-refractivity contribution in [2.24, 2.45) is 0 Å². The highest BCUT2D eigenvalue weighted by Gasteiger charge is 2.32. The Labute approximate surface area is 124 Å². The maximum absolute atomic E-state index is 13.6. The molecule has 7 nitrogen and oxygen atoms in total.